The van der Waals surface area contributed by atoms with Crippen molar-refractivity contribution in [3.8, 4) is 0 Å². The first-order valence-corrected chi connectivity index (χ1v) is 10.8. The Labute approximate surface area is 164 Å². The predicted octanol–water partition coefficient (Wildman–Crippen LogP) is 2.52. The van der Waals surface area contributed by atoms with Crippen LogP contribution in [0.3, 0.4) is 0 Å². The van der Waals surface area contributed by atoms with E-state index in [0.717, 1.165) is 31.5 Å². The van der Waals surface area contributed by atoms with Crippen molar-refractivity contribution in [2.45, 2.75) is 81.2 Å². The number of rotatable bonds is 10. The van der Waals surface area contributed by atoms with Gasteiger partial charge < -0.3 is 15.6 Å². The normalized spacial score (nSPS) is 18.0. The van der Waals surface area contributed by atoms with Gasteiger partial charge in [-0.2, -0.15) is 0 Å². The molecule has 0 spiro atoms. The number of carbonyl (C=O) groups excluding carboxylic acids is 2. The number of hydrogen-bond acceptors (Lipinski definition) is 5. The molecule has 0 radical (unpaired) electrons. The van der Waals surface area contributed by atoms with Gasteiger partial charge in [-0.15, -0.1) is 10.2 Å². The summed E-state index contributed by atoms with van der Waals surface area (Å²) < 4.78 is 1.96. The molecule has 0 saturated heterocycles. The summed E-state index contributed by atoms with van der Waals surface area (Å²) in [7, 11) is 0. The zero-order valence-electron chi connectivity index (χ0n) is 15.9. The van der Waals surface area contributed by atoms with Crippen LogP contribution in [0.4, 0.5) is 0 Å². The largest absolute Gasteiger partial charge is 0.370 e. The number of nitrogens with two attached hydrogens (primary N) is 1. The molecule has 1 fully saturated rings. The lowest BCUT2D eigenvalue weighted by atomic mass is 9.97. The molecule has 2 aliphatic rings. The molecule has 1 unspecified atom stereocenters. The first kappa shape index (κ1) is 19.9. The van der Waals surface area contributed by atoms with Gasteiger partial charge in [0.25, 0.3) is 0 Å². The monoisotopic (exact) mass is 391 g/mol. The minimum Gasteiger partial charge on any atom is -0.370 e. The highest BCUT2D eigenvalue weighted by atomic mass is 32.2. The average Bonchev–Trinajstić information content (AvgIpc) is 3.42. The number of hydrogen-bond donors (Lipinski definition) is 2. The lowest BCUT2D eigenvalue weighted by Crippen LogP contribution is -2.32. The Morgan fingerprint density at radius 2 is 2.19 bits per heavy atom. The van der Waals surface area contributed by atoms with Crippen LogP contribution >= 0.6 is 11.8 Å². The molecule has 1 aromatic heterocycles. The lowest BCUT2D eigenvalue weighted by Gasteiger charge is -2.15. The van der Waals surface area contributed by atoms with Gasteiger partial charge in [0.1, 0.15) is 5.82 Å². The molecule has 8 heteroatoms. The number of nitrogens with zero attached hydrogens (tertiary/aromatic N) is 3. The van der Waals surface area contributed by atoms with Gasteiger partial charge in [-0.1, -0.05) is 23.4 Å². The van der Waals surface area contributed by atoms with E-state index in [4.69, 9.17) is 5.73 Å². The molecule has 1 saturated carbocycles. The molecule has 148 valence electrons. The number of amides is 2. The van der Waals surface area contributed by atoms with Crippen molar-refractivity contribution in [1.82, 2.24) is 20.1 Å². The fraction of sp³-hybridized carbons (Fsp3) is 0.684. The van der Waals surface area contributed by atoms with E-state index in [1.165, 1.54) is 36.6 Å². The molecular formula is C19H29N5O2S. The second-order valence-corrected chi connectivity index (χ2v) is 8.70. The van der Waals surface area contributed by atoms with Crippen molar-refractivity contribution in [1.29, 1.82) is 0 Å². The van der Waals surface area contributed by atoms with Crippen molar-refractivity contribution >= 4 is 23.6 Å². The van der Waals surface area contributed by atoms with Crippen LogP contribution in [-0.4, -0.2) is 38.4 Å². The van der Waals surface area contributed by atoms with Crippen LogP contribution in [0.5, 0.6) is 0 Å². The maximum Gasteiger partial charge on any atom is 0.233 e. The van der Waals surface area contributed by atoms with Crippen molar-refractivity contribution in [3.63, 3.8) is 0 Å². The Kier molecular flexibility index (Phi) is 6.93. The molecule has 2 aliphatic carbocycles. The van der Waals surface area contributed by atoms with Crippen LogP contribution in [-0.2, 0) is 16.1 Å². The van der Waals surface area contributed by atoms with E-state index in [-0.39, 0.29) is 23.5 Å². The summed E-state index contributed by atoms with van der Waals surface area (Å²) >= 11 is 1.39. The third-order valence-corrected chi connectivity index (χ3v) is 6.13. The molecule has 0 bridgehead atoms. The molecule has 7 nitrogen and oxygen atoms in total. The van der Waals surface area contributed by atoms with E-state index < -0.39 is 0 Å². The third-order valence-electron chi connectivity index (χ3n) is 5.05. The molecule has 1 aromatic rings. The smallest absolute Gasteiger partial charge is 0.233 e. The van der Waals surface area contributed by atoms with Gasteiger partial charge in [-0.25, -0.2) is 0 Å². The molecule has 0 aliphatic heterocycles. The molecule has 1 atom stereocenters. The standard InChI is InChI=1S/C19H29N5O2S/c1-13(18(26)21-11-9-14-5-3-2-4-6-14)27-19-23-22-17(15-7-8-15)24(19)12-10-16(20)25/h5,13,15H,2-4,6-12H2,1H3,(H2,20,25)(H,21,26). The number of allylic oxidation sites excluding steroid dienone is 1. The molecule has 0 aromatic carbocycles. The second kappa shape index (κ2) is 9.39. The fourth-order valence-corrected chi connectivity index (χ4v) is 4.20. The van der Waals surface area contributed by atoms with Gasteiger partial charge in [-0.05, 0) is 51.9 Å². The summed E-state index contributed by atoms with van der Waals surface area (Å²) in [6.45, 7) is 3.03. The summed E-state index contributed by atoms with van der Waals surface area (Å²) in [5.41, 5.74) is 6.76. The number of carbonyl (C=O) groups is 2. The van der Waals surface area contributed by atoms with Crippen molar-refractivity contribution < 1.29 is 9.59 Å². The Bertz CT molecular complexity index is 711. The summed E-state index contributed by atoms with van der Waals surface area (Å²) in [6, 6.07) is 0. The van der Waals surface area contributed by atoms with Gasteiger partial charge >= 0.3 is 0 Å². The van der Waals surface area contributed by atoms with Crippen LogP contribution in [0, 0.1) is 0 Å². The summed E-state index contributed by atoms with van der Waals surface area (Å²) in [4.78, 5) is 23.6. The maximum absolute atomic E-state index is 12.4. The second-order valence-electron chi connectivity index (χ2n) is 7.39. The third kappa shape index (κ3) is 5.82. The number of aromatic nitrogens is 3. The Morgan fingerprint density at radius 1 is 1.37 bits per heavy atom. The Morgan fingerprint density at radius 3 is 2.85 bits per heavy atom. The molecule has 1 heterocycles. The Hall–Kier alpha value is -1.83. The number of primary amides is 1. The average molecular weight is 392 g/mol. The van der Waals surface area contributed by atoms with Gasteiger partial charge in [0.15, 0.2) is 5.16 Å². The van der Waals surface area contributed by atoms with E-state index in [0.29, 0.717) is 24.2 Å². The summed E-state index contributed by atoms with van der Waals surface area (Å²) in [5.74, 6) is 1.00. The molecular weight excluding hydrogens is 362 g/mol. The number of nitrogens with one attached hydrogen (secondary N) is 1. The maximum atomic E-state index is 12.4. The quantitative estimate of drug-likeness (QED) is 0.471. The number of thioether (sulfide) groups is 1. The molecule has 3 rings (SSSR count). The zero-order valence-corrected chi connectivity index (χ0v) is 16.8. The SMILES string of the molecule is CC(Sc1nnc(C2CC2)n1CCC(N)=O)C(=O)NCCC1=CCCCC1. The van der Waals surface area contributed by atoms with Crippen LogP contribution in [0.25, 0.3) is 0 Å². The van der Waals surface area contributed by atoms with Crippen molar-refractivity contribution in [3.05, 3.63) is 17.5 Å². The van der Waals surface area contributed by atoms with Crippen molar-refractivity contribution in [2.24, 2.45) is 5.73 Å². The van der Waals surface area contributed by atoms with Crippen molar-refractivity contribution in [2.75, 3.05) is 6.54 Å². The minimum absolute atomic E-state index is 0.00818. The van der Waals surface area contributed by atoms with E-state index in [1.807, 2.05) is 11.5 Å². The molecule has 3 N–H and O–H groups in total. The van der Waals surface area contributed by atoms with E-state index in [9.17, 15) is 9.59 Å². The summed E-state index contributed by atoms with van der Waals surface area (Å²) in [5, 5.41) is 12.0. The highest BCUT2D eigenvalue weighted by molar-refractivity contribution is 8.00. The predicted molar refractivity (Wildman–Crippen MR) is 105 cm³/mol. The topological polar surface area (TPSA) is 103 Å². The Balaban J connectivity index is 1.53. The highest BCUT2D eigenvalue weighted by Gasteiger charge is 2.31. The van der Waals surface area contributed by atoms with Gasteiger partial charge in [0.05, 0.1) is 5.25 Å². The van der Waals surface area contributed by atoms with E-state index >= 15 is 0 Å². The molecule has 2 amide bonds. The van der Waals surface area contributed by atoms with E-state index in [1.54, 1.807) is 0 Å². The summed E-state index contributed by atoms with van der Waals surface area (Å²) in [6.07, 6.45) is 10.6. The van der Waals surface area contributed by atoms with Crippen LogP contribution in [0.15, 0.2) is 16.8 Å². The first-order chi connectivity index (χ1) is 13.0. The molecule has 27 heavy (non-hydrogen) atoms. The lowest BCUT2D eigenvalue weighted by molar-refractivity contribution is -0.120. The van der Waals surface area contributed by atoms with Gasteiger partial charge in [0.2, 0.25) is 11.8 Å². The van der Waals surface area contributed by atoms with Crippen LogP contribution in [0.1, 0.15) is 70.0 Å². The zero-order chi connectivity index (χ0) is 19.2. The van der Waals surface area contributed by atoms with E-state index in [2.05, 4.69) is 21.6 Å². The van der Waals surface area contributed by atoms with Crippen LogP contribution < -0.4 is 11.1 Å². The van der Waals surface area contributed by atoms with Gasteiger partial charge in [0, 0.05) is 25.4 Å². The van der Waals surface area contributed by atoms with Crippen LogP contribution in [0.2, 0.25) is 0 Å². The fourth-order valence-electron chi connectivity index (χ4n) is 3.30. The highest BCUT2D eigenvalue weighted by Crippen LogP contribution is 2.40. The first-order valence-electron chi connectivity index (χ1n) is 9.88. The minimum atomic E-state index is -0.343. The van der Waals surface area contributed by atoms with Gasteiger partial charge in [-0.3, -0.25) is 9.59 Å².